The Bertz CT molecular complexity index is 1200. The molecule has 0 aliphatic heterocycles. The number of likely N-dealkylation sites (N-methyl/N-ethyl adjacent to an activating group) is 1. The first kappa shape index (κ1) is 54.7. The number of quaternary nitrogens is 1. The van der Waals surface area contributed by atoms with Gasteiger partial charge in [-0.05, 0) is 57.8 Å². The summed E-state index contributed by atoms with van der Waals surface area (Å²) in [4.78, 5) is 25.2. The molecule has 0 aliphatic carbocycles. The van der Waals surface area contributed by atoms with Crippen LogP contribution in [0.25, 0.3) is 0 Å². The van der Waals surface area contributed by atoms with Gasteiger partial charge in [0.2, 0.25) is 5.91 Å². The molecule has 0 aromatic carbocycles. The van der Waals surface area contributed by atoms with Crippen molar-refractivity contribution in [3.63, 3.8) is 0 Å². The number of aliphatic hydroxyl groups excluding tert-OH is 1. The smallest absolute Gasteiger partial charge is 0.268 e. The van der Waals surface area contributed by atoms with Gasteiger partial charge in [0.15, 0.2) is 0 Å². The number of nitrogens with one attached hydrogen (secondary N) is 1. The summed E-state index contributed by atoms with van der Waals surface area (Å²) in [6, 6.07) is -0.961. The SMILES string of the molecule is CC/C=C\C/C=C\C/C=C\C/C=C\C/C=C\CC(=O)NC(COP(=O)([O-])OCC[N+](C)(C)C)C(O)/C=C/CC/C=C/CCCCCCCCCCCCCCCC. The van der Waals surface area contributed by atoms with Gasteiger partial charge in [-0.1, -0.05) is 182 Å². The molecule has 0 saturated carbocycles. The molecule has 9 heteroatoms. The van der Waals surface area contributed by atoms with Crippen molar-refractivity contribution in [1.29, 1.82) is 0 Å². The Morgan fingerprint density at radius 1 is 0.632 bits per heavy atom. The topological polar surface area (TPSA) is 108 Å². The largest absolute Gasteiger partial charge is 0.756 e. The van der Waals surface area contributed by atoms with Crippen LogP contribution in [0.3, 0.4) is 0 Å². The molecule has 2 N–H and O–H groups in total. The van der Waals surface area contributed by atoms with Crippen molar-refractivity contribution < 1.29 is 32.9 Å². The van der Waals surface area contributed by atoms with Gasteiger partial charge in [0.25, 0.3) is 7.82 Å². The number of carbonyl (C=O) groups excluding carboxylic acids is 1. The van der Waals surface area contributed by atoms with Crippen molar-refractivity contribution >= 4 is 13.7 Å². The summed E-state index contributed by atoms with van der Waals surface area (Å²) in [6.45, 7) is 4.42. The maximum absolute atomic E-state index is 12.8. The predicted octanol–water partition coefficient (Wildman–Crippen LogP) is 11.9. The summed E-state index contributed by atoms with van der Waals surface area (Å²) < 4.78 is 23.1. The van der Waals surface area contributed by atoms with Crippen molar-refractivity contribution in [3.05, 3.63) is 85.1 Å². The summed E-state index contributed by atoms with van der Waals surface area (Å²) in [6.07, 6.45) is 53.9. The summed E-state index contributed by atoms with van der Waals surface area (Å²) in [5.74, 6) is -0.337. The lowest BCUT2D eigenvalue weighted by Crippen LogP contribution is -2.45. The molecule has 0 saturated heterocycles. The standard InChI is InChI=1S/C48H85N2O6P/c1-6-8-10-12-14-16-18-20-22-23-24-25-26-28-29-31-33-35-37-39-41-47(51)46(45-56-57(53,54)55-44-43-50(3,4)5)49-48(52)42-40-38-36-34-32-30-27-21-19-17-15-13-11-9-7-2/h9,11,15,17,21,27,31-34,38-41,46-47,51H,6-8,10,12-14,16,18-20,22-26,28-30,35-37,42-45H2,1-5H3,(H-,49,52,53,54)/b11-9-,17-15-,27-21-,33-31+,34-32-,40-38-,41-39+. The van der Waals surface area contributed by atoms with E-state index in [1.807, 2.05) is 33.3 Å². The average Bonchev–Trinajstić information content (AvgIpc) is 3.16. The predicted molar refractivity (Wildman–Crippen MR) is 242 cm³/mol. The van der Waals surface area contributed by atoms with Crippen LogP contribution in [0.4, 0.5) is 0 Å². The van der Waals surface area contributed by atoms with Crippen LogP contribution in [0.5, 0.6) is 0 Å². The fourth-order valence-corrected chi connectivity index (χ4v) is 6.55. The van der Waals surface area contributed by atoms with Crippen LogP contribution in [-0.4, -0.2) is 68.5 Å². The Hall–Kier alpha value is -2.32. The minimum atomic E-state index is -4.63. The van der Waals surface area contributed by atoms with Crippen molar-refractivity contribution in [2.45, 2.75) is 174 Å². The monoisotopic (exact) mass is 817 g/mol. The number of rotatable bonds is 39. The van der Waals surface area contributed by atoms with E-state index in [0.717, 1.165) is 44.9 Å². The Labute approximate surface area is 350 Å². The number of nitrogens with zero attached hydrogens (tertiary/aromatic N) is 1. The van der Waals surface area contributed by atoms with E-state index < -0.39 is 26.6 Å². The highest BCUT2D eigenvalue weighted by atomic mass is 31.2. The second kappa shape index (κ2) is 39.2. The van der Waals surface area contributed by atoms with Gasteiger partial charge in [-0.15, -0.1) is 0 Å². The summed E-state index contributed by atoms with van der Waals surface area (Å²) in [5.41, 5.74) is 0. The Balaban J connectivity index is 4.59. The number of aliphatic hydroxyl groups is 1. The van der Waals surface area contributed by atoms with Crippen molar-refractivity contribution in [1.82, 2.24) is 5.32 Å². The lowest BCUT2D eigenvalue weighted by Gasteiger charge is -2.29. The zero-order valence-electron chi connectivity index (χ0n) is 37.0. The number of hydrogen-bond acceptors (Lipinski definition) is 6. The van der Waals surface area contributed by atoms with E-state index in [0.29, 0.717) is 17.4 Å². The van der Waals surface area contributed by atoms with Gasteiger partial charge in [0.1, 0.15) is 13.2 Å². The minimum Gasteiger partial charge on any atom is -0.756 e. The Kier molecular flexibility index (Phi) is 37.6. The van der Waals surface area contributed by atoms with Gasteiger partial charge in [-0.25, -0.2) is 0 Å². The maximum Gasteiger partial charge on any atom is 0.268 e. The second-order valence-corrected chi connectivity index (χ2v) is 17.4. The quantitative estimate of drug-likeness (QED) is 0.0277. The molecule has 0 rings (SSSR count). The molecular formula is C48H85N2O6P. The molecular weight excluding hydrogens is 732 g/mol. The highest BCUT2D eigenvalue weighted by Crippen LogP contribution is 2.38. The van der Waals surface area contributed by atoms with Gasteiger partial charge in [-0.2, -0.15) is 0 Å². The van der Waals surface area contributed by atoms with Crippen LogP contribution in [0.15, 0.2) is 85.1 Å². The van der Waals surface area contributed by atoms with E-state index in [9.17, 15) is 19.4 Å². The van der Waals surface area contributed by atoms with Crippen molar-refractivity contribution in [2.24, 2.45) is 0 Å². The lowest BCUT2D eigenvalue weighted by atomic mass is 10.0. The summed E-state index contributed by atoms with van der Waals surface area (Å²) >= 11 is 0. The van der Waals surface area contributed by atoms with Gasteiger partial charge < -0.3 is 28.8 Å². The van der Waals surface area contributed by atoms with E-state index >= 15 is 0 Å². The molecule has 0 bridgehead atoms. The fraction of sp³-hybridized carbons (Fsp3) is 0.688. The number of unbranched alkanes of at least 4 members (excludes halogenated alkanes) is 15. The number of carbonyl (C=O) groups is 1. The van der Waals surface area contributed by atoms with Crippen molar-refractivity contribution in [2.75, 3.05) is 40.9 Å². The van der Waals surface area contributed by atoms with Crippen LogP contribution in [0.1, 0.15) is 162 Å². The van der Waals surface area contributed by atoms with Crippen LogP contribution in [0.2, 0.25) is 0 Å². The summed E-state index contributed by atoms with van der Waals surface area (Å²) in [5, 5.41) is 13.7. The molecule has 0 radical (unpaired) electrons. The van der Waals surface area contributed by atoms with Crippen LogP contribution >= 0.6 is 7.82 Å². The van der Waals surface area contributed by atoms with Crippen LogP contribution in [-0.2, 0) is 18.4 Å². The number of phosphoric acid groups is 1. The Morgan fingerprint density at radius 2 is 1.09 bits per heavy atom. The number of amides is 1. The molecule has 0 aromatic heterocycles. The molecule has 3 atom stereocenters. The molecule has 0 aromatic rings. The third-order valence-corrected chi connectivity index (χ3v) is 10.3. The zero-order valence-corrected chi connectivity index (χ0v) is 37.9. The molecule has 0 aliphatic rings. The van der Waals surface area contributed by atoms with Gasteiger partial charge in [0.05, 0.1) is 39.9 Å². The van der Waals surface area contributed by atoms with Crippen LogP contribution < -0.4 is 10.2 Å². The molecule has 0 heterocycles. The number of phosphoric ester groups is 1. The third kappa shape index (κ3) is 41.6. The van der Waals surface area contributed by atoms with E-state index in [1.54, 1.807) is 12.2 Å². The number of hydrogen-bond donors (Lipinski definition) is 2. The summed E-state index contributed by atoms with van der Waals surface area (Å²) in [7, 11) is 1.17. The fourth-order valence-electron chi connectivity index (χ4n) is 5.82. The van der Waals surface area contributed by atoms with E-state index in [1.165, 1.54) is 89.9 Å². The molecule has 57 heavy (non-hydrogen) atoms. The van der Waals surface area contributed by atoms with Gasteiger partial charge in [-0.3, -0.25) is 9.36 Å². The normalized spacial score (nSPS) is 15.1. The number of allylic oxidation sites excluding steroid dienone is 12. The van der Waals surface area contributed by atoms with E-state index in [-0.39, 0.29) is 18.9 Å². The van der Waals surface area contributed by atoms with E-state index in [4.69, 9.17) is 9.05 Å². The third-order valence-electron chi connectivity index (χ3n) is 9.37. The first-order valence-electron chi connectivity index (χ1n) is 22.4. The Morgan fingerprint density at radius 3 is 1.60 bits per heavy atom. The first-order chi connectivity index (χ1) is 27.5. The molecule has 0 fully saturated rings. The van der Waals surface area contributed by atoms with Gasteiger partial charge in [0, 0.05) is 6.42 Å². The molecule has 0 spiro atoms. The highest BCUT2D eigenvalue weighted by Gasteiger charge is 2.22. The molecule has 1 amide bonds. The highest BCUT2D eigenvalue weighted by molar-refractivity contribution is 7.45. The minimum absolute atomic E-state index is 0.0270. The second-order valence-electron chi connectivity index (χ2n) is 16.0. The average molecular weight is 817 g/mol. The zero-order chi connectivity index (χ0) is 42.1. The molecule has 328 valence electrons. The van der Waals surface area contributed by atoms with Gasteiger partial charge >= 0.3 is 0 Å². The van der Waals surface area contributed by atoms with Crippen molar-refractivity contribution in [3.8, 4) is 0 Å². The molecule has 8 nitrogen and oxygen atoms in total. The first-order valence-corrected chi connectivity index (χ1v) is 23.9. The lowest BCUT2D eigenvalue weighted by molar-refractivity contribution is -0.870. The maximum atomic E-state index is 12.8. The van der Waals surface area contributed by atoms with E-state index in [2.05, 4.69) is 79.9 Å². The molecule has 3 unspecified atom stereocenters. The van der Waals surface area contributed by atoms with Crippen LogP contribution in [0, 0.1) is 0 Å².